The van der Waals surface area contributed by atoms with Crippen molar-refractivity contribution in [2.45, 2.75) is 78.6 Å². The summed E-state index contributed by atoms with van der Waals surface area (Å²) >= 11 is 0. The summed E-state index contributed by atoms with van der Waals surface area (Å²) in [6.45, 7) is 12.3. The first-order chi connectivity index (χ1) is 14.3. The van der Waals surface area contributed by atoms with E-state index in [4.69, 9.17) is 5.73 Å². The molecule has 1 aromatic carbocycles. The van der Waals surface area contributed by atoms with Gasteiger partial charge in [0.15, 0.2) is 0 Å². The predicted octanol–water partition coefficient (Wildman–Crippen LogP) is 2.37. The molecule has 0 bridgehead atoms. The molecule has 30 heavy (non-hydrogen) atoms. The third kappa shape index (κ3) is 9.69. The van der Waals surface area contributed by atoms with E-state index in [-0.39, 0.29) is 29.8 Å². The largest absolute Gasteiger partial charge is 0.343 e. The molecule has 0 aliphatic heterocycles. The number of carbonyl (C=O) groups excluding carboxylic acids is 2. The Balaban J connectivity index is 2.82. The predicted molar refractivity (Wildman–Crippen MR) is 124 cm³/mol. The van der Waals surface area contributed by atoms with E-state index < -0.39 is 6.04 Å². The van der Waals surface area contributed by atoms with Gasteiger partial charge in [0.2, 0.25) is 11.8 Å². The minimum Gasteiger partial charge on any atom is -0.343 e. The number of rotatable bonds is 14. The molecule has 1 rings (SSSR count). The fourth-order valence-corrected chi connectivity index (χ4v) is 3.16. The zero-order chi connectivity index (χ0) is 22.5. The highest BCUT2D eigenvalue weighted by Gasteiger charge is 2.27. The summed E-state index contributed by atoms with van der Waals surface area (Å²) < 4.78 is 0. The molecule has 7 heteroatoms. The van der Waals surface area contributed by atoms with Crippen LogP contribution in [-0.4, -0.2) is 43.0 Å². The number of unbranched alkanes of at least 4 members (excludes halogenated alkanes) is 1. The summed E-state index contributed by atoms with van der Waals surface area (Å²) in [5, 5.41) is 12.5. The van der Waals surface area contributed by atoms with Gasteiger partial charge in [-0.15, -0.1) is 0 Å². The average molecular weight is 420 g/mol. The molecule has 2 amide bonds. The van der Waals surface area contributed by atoms with E-state index in [0.29, 0.717) is 13.0 Å². The second-order valence-corrected chi connectivity index (χ2v) is 8.36. The summed E-state index contributed by atoms with van der Waals surface area (Å²) in [6.07, 6.45) is 2.15. The van der Waals surface area contributed by atoms with Crippen LogP contribution < -0.4 is 27.0 Å². The lowest BCUT2D eigenvalue weighted by Crippen LogP contribution is -2.54. The molecule has 0 spiro atoms. The van der Waals surface area contributed by atoms with Crippen LogP contribution in [0.3, 0.4) is 0 Å². The Hall–Kier alpha value is -1.96. The van der Waals surface area contributed by atoms with E-state index in [1.165, 1.54) is 0 Å². The number of hydrogen-bond acceptors (Lipinski definition) is 5. The Bertz CT molecular complexity index is 631. The van der Waals surface area contributed by atoms with Gasteiger partial charge in [0.05, 0.1) is 6.04 Å². The van der Waals surface area contributed by atoms with Crippen LogP contribution in [0.2, 0.25) is 0 Å². The third-order valence-corrected chi connectivity index (χ3v) is 4.84. The van der Waals surface area contributed by atoms with Crippen molar-refractivity contribution >= 4 is 17.5 Å². The Kier molecular flexibility index (Phi) is 12.3. The maximum absolute atomic E-state index is 12.9. The Morgan fingerprint density at radius 1 is 1.00 bits per heavy atom. The highest BCUT2D eigenvalue weighted by atomic mass is 16.2. The summed E-state index contributed by atoms with van der Waals surface area (Å²) in [5.74, 6) is -0.233. The van der Waals surface area contributed by atoms with E-state index in [9.17, 15) is 9.59 Å². The molecule has 0 saturated heterocycles. The first-order valence-electron chi connectivity index (χ1n) is 11.1. The second kappa shape index (κ2) is 14.1. The maximum Gasteiger partial charge on any atom is 0.246 e. The fraction of sp³-hybridized carbons (Fsp3) is 0.652. The van der Waals surface area contributed by atoms with Crippen LogP contribution in [0.4, 0.5) is 5.69 Å². The molecular formula is C23H41N5O2. The van der Waals surface area contributed by atoms with E-state index in [1.54, 1.807) is 0 Å². The normalized spacial score (nSPS) is 13.3. The summed E-state index contributed by atoms with van der Waals surface area (Å²) in [7, 11) is 0. The third-order valence-electron chi connectivity index (χ3n) is 4.84. The molecule has 0 aliphatic rings. The van der Waals surface area contributed by atoms with Crippen LogP contribution >= 0.6 is 0 Å². The van der Waals surface area contributed by atoms with Crippen molar-refractivity contribution in [2.75, 3.05) is 18.4 Å². The van der Waals surface area contributed by atoms with Crippen LogP contribution in [0.5, 0.6) is 0 Å². The monoisotopic (exact) mass is 419 g/mol. The molecule has 0 unspecified atom stereocenters. The highest BCUT2D eigenvalue weighted by Crippen LogP contribution is 2.12. The Morgan fingerprint density at radius 3 is 2.20 bits per heavy atom. The van der Waals surface area contributed by atoms with Crippen LogP contribution in [0.25, 0.3) is 0 Å². The maximum atomic E-state index is 12.9. The molecular weight excluding hydrogens is 378 g/mol. The molecule has 0 saturated carbocycles. The molecule has 7 nitrogen and oxygen atoms in total. The number of hydrogen-bond donors (Lipinski definition) is 5. The molecule has 2 atom stereocenters. The Labute approximate surface area is 181 Å². The van der Waals surface area contributed by atoms with Crippen molar-refractivity contribution in [3.63, 3.8) is 0 Å². The van der Waals surface area contributed by atoms with Gasteiger partial charge in [-0.05, 0) is 56.0 Å². The lowest BCUT2D eigenvalue weighted by Gasteiger charge is -2.27. The van der Waals surface area contributed by atoms with E-state index in [1.807, 2.05) is 52.0 Å². The number of benzene rings is 1. The topological polar surface area (TPSA) is 108 Å². The first-order valence-corrected chi connectivity index (χ1v) is 11.1. The van der Waals surface area contributed by atoms with Gasteiger partial charge < -0.3 is 27.0 Å². The van der Waals surface area contributed by atoms with Crippen molar-refractivity contribution in [3.8, 4) is 0 Å². The number of amides is 2. The zero-order valence-corrected chi connectivity index (χ0v) is 19.3. The van der Waals surface area contributed by atoms with Gasteiger partial charge >= 0.3 is 0 Å². The van der Waals surface area contributed by atoms with Crippen molar-refractivity contribution in [3.05, 3.63) is 29.8 Å². The Morgan fingerprint density at radius 2 is 1.67 bits per heavy atom. The van der Waals surface area contributed by atoms with Gasteiger partial charge in [0, 0.05) is 18.3 Å². The molecule has 6 N–H and O–H groups in total. The van der Waals surface area contributed by atoms with Crippen molar-refractivity contribution in [1.29, 1.82) is 0 Å². The average Bonchev–Trinajstić information content (AvgIpc) is 2.70. The fourth-order valence-electron chi connectivity index (χ4n) is 3.16. The van der Waals surface area contributed by atoms with Crippen LogP contribution in [0.15, 0.2) is 24.3 Å². The standard InChI is InChI=1S/C23H41N5O2/c1-6-25-15-18-10-12-19(13-11-18)27-22(29)20(9-7-8-14-24)28-23(30)21(16(2)3)26-17(4)5/h10-13,16-17,20-21,25-26H,6-9,14-15,24H2,1-5H3,(H,27,29)(H,28,30)/t20-,21-/m0/s1. The van der Waals surface area contributed by atoms with Gasteiger partial charge in [0.25, 0.3) is 0 Å². The van der Waals surface area contributed by atoms with Crippen LogP contribution in [-0.2, 0) is 16.1 Å². The zero-order valence-electron chi connectivity index (χ0n) is 19.3. The lowest BCUT2D eigenvalue weighted by molar-refractivity contribution is -0.129. The van der Waals surface area contributed by atoms with Crippen molar-refractivity contribution < 1.29 is 9.59 Å². The number of nitrogens with one attached hydrogen (secondary N) is 4. The van der Waals surface area contributed by atoms with Crippen LogP contribution in [0, 0.1) is 5.92 Å². The highest BCUT2D eigenvalue weighted by molar-refractivity contribution is 5.97. The molecule has 1 aromatic rings. The molecule has 0 fully saturated rings. The van der Waals surface area contributed by atoms with Gasteiger partial charge in [-0.25, -0.2) is 0 Å². The van der Waals surface area contributed by atoms with Crippen molar-refractivity contribution in [2.24, 2.45) is 11.7 Å². The van der Waals surface area contributed by atoms with E-state index in [0.717, 1.165) is 37.2 Å². The molecule has 0 aromatic heterocycles. The number of carbonyl (C=O) groups is 2. The molecule has 0 radical (unpaired) electrons. The van der Waals surface area contributed by atoms with Gasteiger partial charge in [-0.3, -0.25) is 9.59 Å². The van der Waals surface area contributed by atoms with Gasteiger partial charge in [0.1, 0.15) is 6.04 Å². The summed E-state index contributed by atoms with van der Waals surface area (Å²) in [4.78, 5) is 25.8. The van der Waals surface area contributed by atoms with E-state index in [2.05, 4.69) is 28.2 Å². The summed E-state index contributed by atoms with van der Waals surface area (Å²) in [6, 6.07) is 6.99. The molecule has 170 valence electrons. The quantitative estimate of drug-likeness (QED) is 0.298. The second-order valence-electron chi connectivity index (χ2n) is 8.36. The molecule has 0 heterocycles. The summed E-state index contributed by atoms with van der Waals surface area (Å²) in [5.41, 5.74) is 7.48. The van der Waals surface area contributed by atoms with E-state index >= 15 is 0 Å². The van der Waals surface area contributed by atoms with Gasteiger partial charge in [-0.1, -0.05) is 46.8 Å². The SMILES string of the molecule is CCNCc1ccc(NC(=O)[C@H](CCCCN)NC(=O)[C@@H](NC(C)C)C(C)C)cc1. The lowest BCUT2D eigenvalue weighted by atomic mass is 10.0. The number of anilines is 1. The minimum atomic E-state index is -0.597. The molecule has 0 aliphatic carbocycles. The van der Waals surface area contributed by atoms with Crippen molar-refractivity contribution in [1.82, 2.24) is 16.0 Å². The minimum absolute atomic E-state index is 0.115. The number of nitrogens with two attached hydrogens (primary N) is 1. The smallest absolute Gasteiger partial charge is 0.246 e. The van der Waals surface area contributed by atoms with Gasteiger partial charge in [-0.2, -0.15) is 0 Å². The van der Waals surface area contributed by atoms with Crippen LogP contribution in [0.1, 0.15) is 59.4 Å². The first kappa shape index (κ1) is 26.1.